The van der Waals surface area contributed by atoms with Gasteiger partial charge in [0.2, 0.25) is 0 Å². The number of carbonyl (C=O) groups excluding carboxylic acids is 1. The van der Waals surface area contributed by atoms with Crippen LogP contribution in [0.3, 0.4) is 0 Å². The number of esters is 1. The molecule has 4 nitrogen and oxygen atoms in total. The van der Waals surface area contributed by atoms with Crippen molar-refractivity contribution < 1.29 is 9.53 Å². The summed E-state index contributed by atoms with van der Waals surface area (Å²) in [6.45, 7) is 4.64. The van der Waals surface area contributed by atoms with Crippen LogP contribution in [0.15, 0.2) is 0 Å². The smallest absolute Gasteiger partial charge is 0.328 e. The Morgan fingerprint density at radius 3 is 2.71 bits per heavy atom. The van der Waals surface area contributed by atoms with Crippen LogP contribution in [-0.2, 0) is 9.53 Å². The van der Waals surface area contributed by atoms with E-state index in [9.17, 15) is 4.79 Å². The van der Waals surface area contributed by atoms with Gasteiger partial charge in [0.25, 0.3) is 0 Å². The quantitative estimate of drug-likeness (QED) is 0.406. The van der Waals surface area contributed by atoms with E-state index < -0.39 is 6.04 Å². The Kier molecular flexibility index (Phi) is 7.10. The highest BCUT2D eigenvalue weighted by molar-refractivity contribution is 7.80. The topological polar surface area (TPSA) is 50.4 Å². The van der Waals surface area contributed by atoms with Crippen LogP contribution in [0.25, 0.3) is 0 Å². The van der Waals surface area contributed by atoms with Crippen molar-refractivity contribution in [2.75, 3.05) is 13.7 Å². The number of methoxy groups -OCH3 is 1. The Morgan fingerprint density at radius 1 is 1.57 bits per heavy atom. The number of ether oxygens (including phenoxy) is 1. The number of carbonyl (C=O) groups is 1. The lowest BCUT2D eigenvalue weighted by molar-refractivity contribution is -0.142. The molecule has 14 heavy (non-hydrogen) atoms. The van der Waals surface area contributed by atoms with E-state index in [1.807, 2.05) is 0 Å². The largest absolute Gasteiger partial charge is 0.467 e. The van der Waals surface area contributed by atoms with Crippen molar-refractivity contribution in [1.82, 2.24) is 10.6 Å². The Labute approximate surface area is 90.4 Å². The first kappa shape index (κ1) is 13.2. The summed E-state index contributed by atoms with van der Waals surface area (Å²) in [6, 6.07) is -0.401. The van der Waals surface area contributed by atoms with E-state index in [0.29, 0.717) is 5.11 Å². The van der Waals surface area contributed by atoms with Crippen molar-refractivity contribution in [3.8, 4) is 0 Å². The fourth-order valence-electron chi connectivity index (χ4n) is 0.862. The van der Waals surface area contributed by atoms with Crippen LogP contribution in [0, 0.1) is 0 Å². The van der Waals surface area contributed by atoms with E-state index in [2.05, 4.69) is 22.3 Å². The van der Waals surface area contributed by atoms with E-state index >= 15 is 0 Å². The van der Waals surface area contributed by atoms with Gasteiger partial charge in [0.1, 0.15) is 6.04 Å². The molecule has 5 heteroatoms. The van der Waals surface area contributed by atoms with Gasteiger partial charge in [-0.25, -0.2) is 4.79 Å². The van der Waals surface area contributed by atoms with Crippen molar-refractivity contribution in [3.05, 3.63) is 0 Å². The monoisotopic (exact) mass is 218 g/mol. The van der Waals surface area contributed by atoms with Gasteiger partial charge in [-0.15, -0.1) is 0 Å². The Bertz CT molecular complexity index is 197. The SMILES string of the molecule is CCCCNC(=S)NC(C)C(=O)OC. The lowest BCUT2D eigenvalue weighted by Crippen LogP contribution is -2.44. The number of unbranched alkanes of at least 4 members (excludes halogenated alkanes) is 1. The lowest BCUT2D eigenvalue weighted by Gasteiger charge is -2.14. The summed E-state index contributed by atoms with van der Waals surface area (Å²) in [6.07, 6.45) is 2.18. The predicted molar refractivity (Wildman–Crippen MR) is 60.1 cm³/mol. The van der Waals surface area contributed by atoms with Crippen LogP contribution in [0.1, 0.15) is 26.7 Å². The molecule has 0 aliphatic heterocycles. The lowest BCUT2D eigenvalue weighted by atomic mass is 10.3. The number of rotatable bonds is 5. The first-order chi connectivity index (χ1) is 6.61. The second-order valence-corrected chi connectivity index (χ2v) is 3.41. The Morgan fingerprint density at radius 2 is 2.21 bits per heavy atom. The van der Waals surface area contributed by atoms with Gasteiger partial charge in [-0.2, -0.15) is 0 Å². The van der Waals surface area contributed by atoms with E-state index in [4.69, 9.17) is 12.2 Å². The molecule has 1 unspecified atom stereocenters. The van der Waals surface area contributed by atoms with Crippen LogP contribution in [-0.4, -0.2) is 30.8 Å². The zero-order valence-corrected chi connectivity index (χ0v) is 9.74. The number of nitrogens with one attached hydrogen (secondary N) is 2. The molecule has 0 aliphatic carbocycles. The number of thiocarbonyl (C=S) groups is 1. The Hall–Kier alpha value is -0.840. The average molecular weight is 218 g/mol. The maximum atomic E-state index is 11.0. The summed E-state index contributed by atoms with van der Waals surface area (Å²) < 4.78 is 4.55. The molecular weight excluding hydrogens is 200 g/mol. The third-order valence-corrected chi connectivity index (χ3v) is 1.98. The van der Waals surface area contributed by atoms with Crippen molar-refractivity contribution >= 4 is 23.3 Å². The summed E-state index contributed by atoms with van der Waals surface area (Å²) in [5.41, 5.74) is 0. The number of hydrogen-bond donors (Lipinski definition) is 2. The molecule has 0 fully saturated rings. The zero-order chi connectivity index (χ0) is 11.0. The molecule has 0 aromatic carbocycles. The summed E-state index contributed by atoms with van der Waals surface area (Å²) in [5.74, 6) is -0.315. The number of hydrogen-bond acceptors (Lipinski definition) is 3. The molecule has 2 N–H and O–H groups in total. The van der Waals surface area contributed by atoms with Crippen molar-refractivity contribution in [3.63, 3.8) is 0 Å². The van der Waals surface area contributed by atoms with Crippen molar-refractivity contribution in [2.24, 2.45) is 0 Å². The van der Waals surface area contributed by atoms with Gasteiger partial charge in [0.15, 0.2) is 5.11 Å². The fourth-order valence-corrected chi connectivity index (χ4v) is 1.14. The highest BCUT2D eigenvalue weighted by atomic mass is 32.1. The molecule has 0 aromatic rings. The fraction of sp³-hybridized carbons (Fsp3) is 0.778. The molecule has 0 aromatic heterocycles. The molecule has 82 valence electrons. The standard InChI is InChI=1S/C9H18N2O2S/c1-4-5-6-10-9(14)11-7(2)8(12)13-3/h7H,4-6H2,1-3H3,(H2,10,11,14). The van der Waals surface area contributed by atoms with E-state index in [1.165, 1.54) is 7.11 Å². The van der Waals surface area contributed by atoms with Crippen molar-refractivity contribution in [2.45, 2.75) is 32.7 Å². The molecule has 0 radical (unpaired) electrons. The minimum absolute atomic E-state index is 0.315. The first-order valence-electron chi connectivity index (χ1n) is 4.74. The maximum Gasteiger partial charge on any atom is 0.328 e. The van der Waals surface area contributed by atoms with Gasteiger partial charge in [-0.3, -0.25) is 0 Å². The minimum Gasteiger partial charge on any atom is -0.467 e. The van der Waals surface area contributed by atoms with Gasteiger partial charge in [-0.1, -0.05) is 13.3 Å². The molecule has 0 saturated carbocycles. The first-order valence-corrected chi connectivity index (χ1v) is 5.14. The van der Waals surface area contributed by atoms with Crippen molar-refractivity contribution in [1.29, 1.82) is 0 Å². The predicted octanol–water partition coefficient (Wildman–Crippen LogP) is 0.812. The molecule has 1 atom stereocenters. The maximum absolute atomic E-state index is 11.0. The van der Waals surface area contributed by atoms with Crippen LogP contribution in [0.2, 0.25) is 0 Å². The van der Waals surface area contributed by atoms with Crippen LogP contribution >= 0.6 is 12.2 Å². The molecule has 0 saturated heterocycles. The third-order valence-electron chi connectivity index (χ3n) is 1.72. The third kappa shape index (κ3) is 5.75. The van der Waals surface area contributed by atoms with E-state index in [-0.39, 0.29) is 5.97 Å². The molecule has 0 rings (SSSR count). The average Bonchev–Trinajstić information content (AvgIpc) is 2.16. The van der Waals surface area contributed by atoms with Gasteiger partial charge in [-0.05, 0) is 25.6 Å². The summed E-state index contributed by atoms with van der Waals surface area (Å²) in [7, 11) is 1.36. The van der Waals surface area contributed by atoms with Crippen LogP contribution in [0.4, 0.5) is 0 Å². The second kappa shape index (κ2) is 7.55. The highest BCUT2D eigenvalue weighted by Crippen LogP contribution is 1.87. The van der Waals surface area contributed by atoms with Gasteiger partial charge >= 0.3 is 5.97 Å². The summed E-state index contributed by atoms with van der Waals surface area (Å²) in [4.78, 5) is 11.0. The minimum atomic E-state index is -0.401. The normalized spacial score (nSPS) is 11.6. The molecule has 0 spiro atoms. The van der Waals surface area contributed by atoms with Crippen LogP contribution < -0.4 is 10.6 Å². The molecule has 0 heterocycles. The van der Waals surface area contributed by atoms with Gasteiger partial charge in [0, 0.05) is 6.54 Å². The molecule has 0 bridgehead atoms. The summed E-state index contributed by atoms with van der Waals surface area (Å²) in [5, 5.41) is 6.34. The van der Waals surface area contributed by atoms with Crippen LogP contribution in [0.5, 0.6) is 0 Å². The van der Waals surface area contributed by atoms with Gasteiger partial charge in [0.05, 0.1) is 7.11 Å². The van der Waals surface area contributed by atoms with E-state index in [1.54, 1.807) is 6.92 Å². The second-order valence-electron chi connectivity index (χ2n) is 3.00. The zero-order valence-electron chi connectivity index (χ0n) is 8.92. The molecule has 0 aliphatic rings. The molecular formula is C9H18N2O2S. The summed E-state index contributed by atoms with van der Waals surface area (Å²) >= 11 is 4.98. The highest BCUT2D eigenvalue weighted by Gasteiger charge is 2.12. The Balaban J connectivity index is 3.65. The van der Waals surface area contributed by atoms with E-state index in [0.717, 1.165) is 19.4 Å². The molecule has 0 amide bonds. The van der Waals surface area contributed by atoms with Gasteiger partial charge < -0.3 is 15.4 Å².